The molecule has 6 heteroatoms. The first kappa shape index (κ1) is 15.0. The summed E-state index contributed by atoms with van der Waals surface area (Å²) >= 11 is 0. The molecule has 1 aliphatic rings. The van der Waals surface area contributed by atoms with Gasteiger partial charge >= 0.3 is 0 Å². The first-order valence-corrected chi connectivity index (χ1v) is 7.44. The number of hydrogen-bond donors (Lipinski definition) is 3. The molecule has 1 saturated carbocycles. The first-order valence-electron chi connectivity index (χ1n) is 7.44. The van der Waals surface area contributed by atoms with Gasteiger partial charge in [0.1, 0.15) is 17.5 Å². The largest absolute Gasteiger partial charge is 0.368 e. The molecular weight excluding hydrogens is 252 g/mol. The van der Waals surface area contributed by atoms with Gasteiger partial charge in [-0.15, -0.1) is 0 Å². The Bertz CT molecular complexity index is 444. The van der Waals surface area contributed by atoms with E-state index >= 15 is 0 Å². The van der Waals surface area contributed by atoms with Crippen LogP contribution in [-0.2, 0) is 6.42 Å². The fourth-order valence-electron chi connectivity index (χ4n) is 2.26. The fraction of sp³-hybridized carbons (Fsp3) is 0.714. The van der Waals surface area contributed by atoms with E-state index in [0.29, 0.717) is 5.82 Å². The lowest BCUT2D eigenvalue weighted by Gasteiger charge is -2.17. The molecule has 0 saturated heterocycles. The molecule has 20 heavy (non-hydrogen) atoms. The lowest BCUT2D eigenvalue weighted by Crippen LogP contribution is -2.27. The van der Waals surface area contributed by atoms with Crippen LogP contribution in [-0.4, -0.2) is 41.0 Å². The highest BCUT2D eigenvalue weighted by Gasteiger charge is 2.25. The minimum atomic E-state index is 0.710. The topological polar surface area (TPSA) is 79.1 Å². The van der Waals surface area contributed by atoms with Crippen LogP contribution in [0.2, 0.25) is 0 Å². The summed E-state index contributed by atoms with van der Waals surface area (Å²) in [5, 5.41) is 3.41. The van der Waals surface area contributed by atoms with Gasteiger partial charge < -0.3 is 15.6 Å². The van der Waals surface area contributed by atoms with Crippen molar-refractivity contribution in [3.63, 3.8) is 0 Å². The highest BCUT2D eigenvalue weighted by Crippen LogP contribution is 2.25. The van der Waals surface area contributed by atoms with E-state index in [-0.39, 0.29) is 0 Å². The second kappa shape index (κ2) is 6.85. The molecule has 0 unspecified atom stereocenters. The average Bonchev–Trinajstić information content (AvgIpc) is 3.26. The minimum absolute atomic E-state index is 0.710. The van der Waals surface area contributed by atoms with Crippen molar-refractivity contribution in [1.29, 1.82) is 0 Å². The lowest BCUT2D eigenvalue weighted by atomic mass is 10.2. The van der Waals surface area contributed by atoms with Crippen molar-refractivity contribution in [1.82, 2.24) is 14.9 Å². The molecule has 112 valence electrons. The average molecular weight is 278 g/mol. The standard InChI is InChI=1S/C14H26N6/c1-4-5-12-17-13(10(2)14(18-12)19-15)16-8-9-20(3)11-6-7-11/h11H,4-9,15H2,1-3H3,(H2,16,17,18,19). The lowest BCUT2D eigenvalue weighted by molar-refractivity contribution is 0.337. The summed E-state index contributed by atoms with van der Waals surface area (Å²) in [7, 11) is 2.18. The zero-order valence-corrected chi connectivity index (χ0v) is 12.7. The van der Waals surface area contributed by atoms with Gasteiger partial charge in [-0.05, 0) is 33.2 Å². The van der Waals surface area contributed by atoms with E-state index in [1.54, 1.807) is 0 Å². The zero-order chi connectivity index (χ0) is 14.5. The summed E-state index contributed by atoms with van der Waals surface area (Å²) in [5.74, 6) is 7.97. The van der Waals surface area contributed by atoms with Crippen LogP contribution in [0.3, 0.4) is 0 Å². The molecule has 0 aliphatic heterocycles. The van der Waals surface area contributed by atoms with Gasteiger partial charge in [0.15, 0.2) is 0 Å². The third-order valence-electron chi connectivity index (χ3n) is 3.73. The minimum Gasteiger partial charge on any atom is -0.368 e. The number of aryl methyl sites for hydroxylation is 1. The van der Waals surface area contributed by atoms with Gasteiger partial charge in [0.2, 0.25) is 0 Å². The van der Waals surface area contributed by atoms with E-state index < -0.39 is 0 Å². The highest BCUT2D eigenvalue weighted by atomic mass is 15.3. The summed E-state index contributed by atoms with van der Waals surface area (Å²) in [6, 6.07) is 0.792. The molecule has 0 spiro atoms. The maximum absolute atomic E-state index is 5.53. The van der Waals surface area contributed by atoms with Crippen molar-refractivity contribution in [2.45, 2.75) is 45.6 Å². The molecule has 6 nitrogen and oxygen atoms in total. The number of likely N-dealkylation sites (N-methyl/N-ethyl adjacent to an activating group) is 1. The Labute approximate surface area is 121 Å². The SMILES string of the molecule is CCCc1nc(NN)c(C)c(NCCN(C)C2CC2)n1. The predicted octanol–water partition coefficient (Wildman–Crippen LogP) is 1.53. The normalized spacial score (nSPS) is 14.7. The summed E-state index contributed by atoms with van der Waals surface area (Å²) in [6.07, 6.45) is 4.57. The number of aromatic nitrogens is 2. The van der Waals surface area contributed by atoms with E-state index in [1.807, 2.05) is 6.92 Å². The second-order valence-corrected chi connectivity index (χ2v) is 5.49. The summed E-state index contributed by atoms with van der Waals surface area (Å²) in [6.45, 7) is 6.03. The van der Waals surface area contributed by atoms with Gasteiger partial charge in [-0.1, -0.05) is 6.92 Å². The first-order chi connectivity index (χ1) is 9.65. The van der Waals surface area contributed by atoms with Crippen LogP contribution in [0.5, 0.6) is 0 Å². The summed E-state index contributed by atoms with van der Waals surface area (Å²) in [4.78, 5) is 11.4. The predicted molar refractivity (Wildman–Crippen MR) is 82.7 cm³/mol. The molecule has 0 aromatic carbocycles. The van der Waals surface area contributed by atoms with E-state index in [9.17, 15) is 0 Å². The molecule has 1 aromatic heterocycles. The van der Waals surface area contributed by atoms with Gasteiger partial charge in [-0.25, -0.2) is 15.8 Å². The number of anilines is 2. The quantitative estimate of drug-likeness (QED) is 0.494. The molecule has 1 fully saturated rings. The zero-order valence-electron chi connectivity index (χ0n) is 12.7. The molecule has 1 aromatic rings. The van der Waals surface area contributed by atoms with Crippen LogP contribution in [0.4, 0.5) is 11.6 Å². The van der Waals surface area contributed by atoms with Crippen molar-refractivity contribution in [3.8, 4) is 0 Å². The van der Waals surface area contributed by atoms with Gasteiger partial charge in [-0.3, -0.25) is 0 Å². The van der Waals surface area contributed by atoms with Gasteiger partial charge in [0.05, 0.1) is 0 Å². The number of nitrogens with zero attached hydrogens (tertiary/aromatic N) is 3. The van der Waals surface area contributed by atoms with Gasteiger partial charge in [-0.2, -0.15) is 0 Å². The number of nitrogens with two attached hydrogens (primary N) is 1. The number of nitrogen functional groups attached to an aromatic ring is 1. The van der Waals surface area contributed by atoms with Gasteiger partial charge in [0, 0.05) is 31.1 Å². The number of rotatable bonds is 8. The Morgan fingerprint density at radius 2 is 2.00 bits per heavy atom. The van der Waals surface area contributed by atoms with Crippen LogP contribution in [0.25, 0.3) is 0 Å². The summed E-state index contributed by atoms with van der Waals surface area (Å²) in [5.41, 5.74) is 3.63. The van der Waals surface area contributed by atoms with Crippen LogP contribution < -0.4 is 16.6 Å². The Morgan fingerprint density at radius 3 is 2.60 bits per heavy atom. The van der Waals surface area contributed by atoms with Crippen molar-refractivity contribution in [2.75, 3.05) is 30.9 Å². The van der Waals surface area contributed by atoms with Gasteiger partial charge in [0.25, 0.3) is 0 Å². The van der Waals surface area contributed by atoms with E-state index in [4.69, 9.17) is 5.84 Å². The van der Waals surface area contributed by atoms with Crippen molar-refractivity contribution in [3.05, 3.63) is 11.4 Å². The molecule has 0 bridgehead atoms. The maximum atomic E-state index is 5.53. The van der Waals surface area contributed by atoms with Crippen LogP contribution >= 0.6 is 0 Å². The number of nitrogens with one attached hydrogen (secondary N) is 2. The second-order valence-electron chi connectivity index (χ2n) is 5.49. The number of hydrazine groups is 1. The van der Waals surface area contributed by atoms with Crippen LogP contribution in [0, 0.1) is 6.92 Å². The third kappa shape index (κ3) is 3.80. The third-order valence-corrected chi connectivity index (χ3v) is 3.73. The Morgan fingerprint density at radius 1 is 1.30 bits per heavy atom. The molecular formula is C14H26N6. The molecule has 4 N–H and O–H groups in total. The smallest absolute Gasteiger partial charge is 0.148 e. The molecule has 1 heterocycles. The van der Waals surface area contributed by atoms with E-state index in [2.05, 4.69) is 39.6 Å². The molecule has 0 amide bonds. The van der Waals surface area contributed by atoms with Crippen molar-refractivity contribution < 1.29 is 0 Å². The molecule has 0 atom stereocenters. The van der Waals surface area contributed by atoms with Crippen molar-refractivity contribution >= 4 is 11.6 Å². The molecule has 0 radical (unpaired) electrons. The Balaban J connectivity index is 1.98. The van der Waals surface area contributed by atoms with Crippen LogP contribution in [0.1, 0.15) is 37.6 Å². The van der Waals surface area contributed by atoms with Crippen molar-refractivity contribution in [2.24, 2.45) is 5.84 Å². The monoisotopic (exact) mass is 278 g/mol. The number of hydrogen-bond acceptors (Lipinski definition) is 6. The van der Waals surface area contributed by atoms with Crippen LogP contribution in [0.15, 0.2) is 0 Å². The highest BCUT2D eigenvalue weighted by molar-refractivity contribution is 5.56. The van der Waals surface area contributed by atoms with E-state index in [0.717, 1.165) is 49.2 Å². The Kier molecular flexibility index (Phi) is 5.14. The Hall–Kier alpha value is -1.40. The summed E-state index contributed by atoms with van der Waals surface area (Å²) < 4.78 is 0. The fourth-order valence-corrected chi connectivity index (χ4v) is 2.26. The van der Waals surface area contributed by atoms with E-state index in [1.165, 1.54) is 12.8 Å². The molecule has 2 rings (SSSR count). The molecule has 1 aliphatic carbocycles. The maximum Gasteiger partial charge on any atom is 0.148 e.